The van der Waals surface area contributed by atoms with Crippen LogP contribution < -0.4 is 11.1 Å². The minimum absolute atomic E-state index is 0.163. The van der Waals surface area contributed by atoms with Gasteiger partial charge in [0.25, 0.3) is 5.91 Å². The zero-order valence-electron chi connectivity index (χ0n) is 9.97. The normalized spacial score (nSPS) is 11.5. The number of amides is 1. The standard InChI is InChI=1S/C10H17N5O2/c1-7-6-8(15(2)13-7)10(16)12-5-3-4-9(11)14-17/h6,17H,3-5H2,1-2H3,(H2,11,14)(H,12,16). The molecule has 0 radical (unpaired) electrons. The maximum absolute atomic E-state index is 11.7. The minimum atomic E-state index is -0.174. The Kier molecular flexibility index (Phi) is 4.50. The van der Waals surface area contributed by atoms with Crippen molar-refractivity contribution in [3.05, 3.63) is 17.5 Å². The number of nitrogens with one attached hydrogen (secondary N) is 1. The fraction of sp³-hybridized carbons (Fsp3) is 0.500. The van der Waals surface area contributed by atoms with E-state index in [1.54, 1.807) is 13.1 Å². The first-order chi connectivity index (χ1) is 8.04. The second kappa shape index (κ2) is 5.88. The van der Waals surface area contributed by atoms with Gasteiger partial charge in [-0.2, -0.15) is 5.10 Å². The van der Waals surface area contributed by atoms with E-state index in [1.165, 1.54) is 4.68 Å². The number of hydrogen-bond acceptors (Lipinski definition) is 4. The van der Waals surface area contributed by atoms with Crippen LogP contribution in [0, 0.1) is 6.92 Å². The fourth-order valence-corrected chi connectivity index (χ4v) is 1.44. The number of nitrogens with zero attached hydrogens (tertiary/aromatic N) is 3. The van der Waals surface area contributed by atoms with Crippen LogP contribution in [0.5, 0.6) is 0 Å². The molecule has 0 bridgehead atoms. The molecule has 1 aromatic rings. The second-order valence-corrected chi connectivity index (χ2v) is 3.75. The van der Waals surface area contributed by atoms with E-state index in [2.05, 4.69) is 15.6 Å². The van der Waals surface area contributed by atoms with Crippen molar-refractivity contribution in [2.45, 2.75) is 19.8 Å². The van der Waals surface area contributed by atoms with Crippen molar-refractivity contribution in [1.82, 2.24) is 15.1 Å². The van der Waals surface area contributed by atoms with Crippen LogP contribution in [0.2, 0.25) is 0 Å². The first kappa shape index (κ1) is 13.0. The van der Waals surface area contributed by atoms with Gasteiger partial charge in [-0.1, -0.05) is 5.16 Å². The molecule has 17 heavy (non-hydrogen) atoms. The minimum Gasteiger partial charge on any atom is -0.409 e. The van der Waals surface area contributed by atoms with Gasteiger partial charge in [0.2, 0.25) is 0 Å². The molecule has 0 saturated heterocycles. The Bertz CT molecular complexity index is 424. The van der Waals surface area contributed by atoms with Gasteiger partial charge in [-0.15, -0.1) is 0 Å². The average molecular weight is 239 g/mol. The number of carbonyl (C=O) groups excluding carboxylic acids is 1. The van der Waals surface area contributed by atoms with Gasteiger partial charge < -0.3 is 16.3 Å². The summed E-state index contributed by atoms with van der Waals surface area (Å²) in [6.45, 7) is 2.30. The molecule has 4 N–H and O–H groups in total. The summed E-state index contributed by atoms with van der Waals surface area (Å²) in [6.07, 6.45) is 1.07. The van der Waals surface area contributed by atoms with E-state index in [4.69, 9.17) is 10.9 Å². The predicted octanol–water partition coefficient (Wildman–Crippen LogP) is -0.0151. The Morgan fingerprint density at radius 3 is 2.94 bits per heavy atom. The van der Waals surface area contributed by atoms with Crippen LogP contribution in [0.4, 0.5) is 0 Å². The highest BCUT2D eigenvalue weighted by molar-refractivity contribution is 5.92. The zero-order chi connectivity index (χ0) is 12.8. The van der Waals surface area contributed by atoms with Crippen molar-refractivity contribution in [2.24, 2.45) is 17.9 Å². The van der Waals surface area contributed by atoms with Crippen molar-refractivity contribution >= 4 is 11.7 Å². The van der Waals surface area contributed by atoms with Crippen molar-refractivity contribution in [3.8, 4) is 0 Å². The third-order valence-electron chi connectivity index (χ3n) is 2.26. The Hall–Kier alpha value is -2.05. The average Bonchev–Trinajstić information content (AvgIpc) is 2.63. The zero-order valence-corrected chi connectivity index (χ0v) is 9.97. The summed E-state index contributed by atoms with van der Waals surface area (Å²) in [5, 5.41) is 18.0. The van der Waals surface area contributed by atoms with Gasteiger partial charge in [-0.25, -0.2) is 0 Å². The Morgan fingerprint density at radius 1 is 1.71 bits per heavy atom. The smallest absolute Gasteiger partial charge is 0.269 e. The molecule has 0 aliphatic carbocycles. The van der Waals surface area contributed by atoms with E-state index in [9.17, 15) is 4.79 Å². The predicted molar refractivity (Wildman–Crippen MR) is 62.9 cm³/mol. The second-order valence-electron chi connectivity index (χ2n) is 3.75. The van der Waals surface area contributed by atoms with E-state index in [0.717, 1.165) is 5.69 Å². The maximum atomic E-state index is 11.7. The van der Waals surface area contributed by atoms with E-state index in [-0.39, 0.29) is 11.7 Å². The van der Waals surface area contributed by atoms with E-state index in [1.807, 2.05) is 6.92 Å². The highest BCUT2D eigenvalue weighted by Crippen LogP contribution is 2.01. The van der Waals surface area contributed by atoms with Crippen molar-refractivity contribution in [3.63, 3.8) is 0 Å². The topological polar surface area (TPSA) is 106 Å². The molecule has 1 aromatic heterocycles. The van der Waals surface area contributed by atoms with Crippen molar-refractivity contribution < 1.29 is 10.0 Å². The molecule has 0 spiro atoms. The van der Waals surface area contributed by atoms with Crippen LogP contribution in [0.15, 0.2) is 11.2 Å². The largest absolute Gasteiger partial charge is 0.409 e. The molecule has 1 amide bonds. The molecule has 0 saturated carbocycles. The molecular weight excluding hydrogens is 222 g/mol. The number of aryl methyl sites for hydroxylation is 2. The SMILES string of the molecule is Cc1cc(C(=O)NCCCC(N)=NO)n(C)n1. The number of amidine groups is 1. The van der Waals surface area contributed by atoms with Gasteiger partial charge >= 0.3 is 0 Å². The summed E-state index contributed by atoms with van der Waals surface area (Å²) in [4.78, 5) is 11.7. The number of hydrogen-bond donors (Lipinski definition) is 3. The van der Waals surface area contributed by atoms with Crippen LogP contribution in [-0.4, -0.2) is 33.3 Å². The molecule has 1 heterocycles. The molecular formula is C10H17N5O2. The van der Waals surface area contributed by atoms with Gasteiger partial charge in [0, 0.05) is 20.0 Å². The summed E-state index contributed by atoms with van der Waals surface area (Å²) in [7, 11) is 1.72. The molecule has 0 atom stereocenters. The monoisotopic (exact) mass is 239 g/mol. The molecule has 0 aromatic carbocycles. The van der Waals surface area contributed by atoms with Crippen LogP contribution >= 0.6 is 0 Å². The van der Waals surface area contributed by atoms with Gasteiger partial charge in [-0.3, -0.25) is 9.48 Å². The van der Waals surface area contributed by atoms with Crippen LogP contribution in [0.1, 0.15) is 29.0 Å². The molecule has 0 unspecified atom stereocenters. The highest BCUT2D eigenvalue weighted by atomic mass is 16.4. The summed E-state index contributed by atoms with van der Waals surface area (Å²) < 4.78 is 1.54. The third-order valence-corrected chi connectivity index (χ3v) is 2.26. The van der Waals surface area contributed by atoms with Crippen molar-refractivity contribution in [1.29, 1.82) is 0 Å². The third kappa shape index (κ3) is 3.78. The van der Waals surface area contributed by atoms with Gasteiger partial charge in [0.05, 0.1) is 5.69 Å². The van der Waals surface area contributed by atoms with Gasteiger partial charge in [0.1, 0.15) is 11.5 Å². The summed E-state index contributed by atoms with van der Waals surface area (Å²) in [6, 6.07) is 1.72. The number of aromatic nitrogens is 2. The van der Waals surface area contributed by atoms with Crippen LogP contribution in [0.25, 0.3) is 0 Å². The molecule has 1 rings (SSSR count). The molecule has 7 nitrogen and oxygen atoms in total. The Balaban J connectivity index is 2.38. The Labute approximate surface area is 99.3 Å². The summed E-state index contributed by atoms with van der Waals surface area (Å²) in [5.41, 5.74) is 6.62. The number of rotatable bonds is 5. The lowest BCUT2D eigenvalue weighted by atomic mass is 10.3. The molecule has 0 aliphatic rings. The molecule has 0 fully saturated rings. The van der Waals surface area contributed by atoms with Gasteiger partial charge in [0.15, 0.2) is 0 Å². The fourth-order valence-electron chi connectivity index (χ4n) is 1.44. The first-order valence-corrected chi connectivity index (χ1v) is 5.30. The molecule has 7 heteroatoms. The van der Waals surface area contributed by atoms with E-state index >= 15 is 0 Å². The lowest BCUT2D eigenvalue weighted by Crippen LogP contribution is -2.27. The summed E-state index contributed by atoms with van der Waals surface area (Å²) >= 11 is 0. The highest BCUT2D eigenvalue weighted by Gasteiger charge is 2.10. The molecule has 94 valence electrons. The lowest BCUT2D eigenvalue weighted by Gasteiger charge is -2.04. The number of carbonyl (C=O) groups is 1. The summed E-state index contributed by atoms with van der Waals surface area (Å²) in [5.74, 6) is -0.0109. The number of oxime groups is 1. The van der Waals surface area contributed by atoms with Crippen LogP contribution in [-0.2, 0) is 7.05 Å². The number of nitrogens with two attached hydrogens (primary N) is 1. The van der Waals surface area contributed by atoms with E-state index < -0.39 is 0 Å². The van der Waals surface area contributed by atoms with E-state index in [0.29, 0.717) is 25.1 Å². The van der Waals surface area contributed by atoms with Crippen LogP contribution in [0.3, 0.4) is 0 Å². The Morgan fingerprint density at radius 2 is 2.41 bits per heavy atom. The quantitative estimate of drug-likeness (QED) is 0.221. The molecule has 0 aliphatic heterocycles. The maximum Gasteiger partial charge on any atom is 0.269 e. The lowest BCUT2D eigenvalue weighted by molar-refractivity contribution is 0.0944. The first-order valence-electron chi connectivity index (χ1n) is 5.30. The van der Waals surface area contributed by atoms with Gasteiger partial charge in [-0.05, 0) is 19.4 Å². The van der Waals surface area contributed by atoms with Crippen molar-refractivity contribution in [2.75, 3.05) is 6.54 Å².